The Labute approximate surface area is 127 Å². The van der Waals surface area contributed by atoms with E-state index in [2.05, 4.69) is 0 Å². The van der Waals surface area contributed by atoms with E-state index in [0.29, 0.717) is 0 Å². The van der Waals surface area contributed by atoms with E-state index >= 15 is 0 Å². The number of hydrogen-bond donors (Lipinski definition) is 3. The van der Waals surface area contributed by atoms with Gasteiger partial charge in [0.2, 0.25) is 0 Å². The van der Waals surface area contributed by atoms with Crippen molar-refractivity contribution in [2.24, 2.45) is 0 Å². The first kappa shape index (κ1) is 19.7. The van der Waals surface area contributed by atoms with E-state index in [9.17, 15) is 15.3 Å². The van der Waals surface area contributed by atoms with Gasteiger partial charge >= 0.3 is 7.32 Å². The van der Waals surface area contributed by atoms with Gasteiger partial charge in [0.05, 0.1) is 55.8 Å². The van der Waals surface area contributed by atoms with Gasteiger partial charge in [-0.05, 0) is 0 Å². The Morgan fingerprint density at radius 3 is 1.16 bits per heavy atom. The molecule has 0 aliphatic rings. The molecule has 0 bridgehead atoms. The fraction of sp³-hybridized carbons (Fsp3) is 1.00. The summed E-state index contributed by atoms with van der Waals surface area (Å²) in [6.45, 7) is -0.327. The third kappa shape index (κ3) is 11.1. The minimum Gasteiger partial charge on any atom is -0.390 e. The van der Waals surface area contributed by atoms with Crippen molar-refractivity contribution in [1.82, 2.24) is 0 Å². The molecule has 0 heterocycles. The Morgan fingerprint density at radius 2 is 0.947 bits per heavy atom. The number of alkyl halides is 3. The van der Waals surface area contributed by atoms with Crippen LogP contribution < -0.4 is 0 Å². The molecule has 3 atom stereocenters. The SMILES string of the molecule is OC(CCl)COB(OCC(O)CCl)OCC(O)CCl. The Hall–Kier alpha value is 0.695. The maximum absolute atomic E-state index is 9.24. The highest BCUT2D eigenvalue weighted by Gasteiger charge is 2.25. The van der Waals surface area contributed by atoms with Crippen LogP contribution in [0.5, 0.6) is 0 Å². The van der Waals surface area contributed by atoms with E-state index in [1.54, 1.807) is 0 Å². The maximum atomic E-state index is 9.24. The monoisotopic (exact) mass is 338 g/mol. The fourth-order valence-electron chi connectivity index (χ4n) is 0.847. The van der Waals surface area contributed by atoms with Gasteiger partial charge in [0.25, 0.3) is 0 Å². The van der Waals surface area contributed by atoms with Crippen LogP contribution in [-0.2, 0) is 14.0 Å². The number of rotatable bonds is 12. The standard InChI is InChI=1S/C9H18BCl3O6/c11-1-7(14)4-17-10(18-5-8(15)2-12)19-6-9(16)3-13/h7-9,14-16H,1-6H2. The molecule has 3 N–H and O–H groups in total. The van der Waals surface area contributed by atoms with Gasteiger partial charge in [-0.3, -0.25) is 0 Å². The molecule has 0 aliphatic heterocycles. The van der Waals surface area contributed by atoms with Crippen molar-refractivity contribution in [3.8, 4) is 0 Å². The van der Waals surface area contributed by atoms with Crippen LogP contribution in [0.25, 0.3) is 0 Å². The molecular weight excluding hydrogens is 321 g/mol. The van der Waals surface area contributed by atoms with Crippen LogP contribution in [0, 0.1) is 0 Å². The predicted octanol–water partition coefficient (Wildman–Crippen LogP) is -0.180. The minimum atomic E-state index is -1.16. The van der Waals surface area contributed by atoms with E-state index in [4.69, 9.17) is 48.8 Å². The molecule has 114 valence electrons. The maximum Gasteiger partial charge on any atom is 0.639 e. The molecule has 0 aromatic carbocycles. The fourth-order valence-corrected chi connectivity index (χ4v) is 1.11. The van der Waals surface area contributed by atoms with Gasteiger partial charge in [0.15, 0.2) is 0 Å². The van der Waals surface area contributed by atoms with Crippen LogP contribution >= 0.6 is 34.8 Å². The van der Waals surface area contributed by atoms with Gasteiger partial charge in [-0.25, -0.2) is 0 Å². The van der Waals surface area contributed by atoms with Crippen molar-refractivity contribution in [3.63, 3.8) is 0 Å². The van der Waals surface area contributed by atoms with Crippen molar-refractivity contribution >= 4 is 42.1 Å². The Morgan fingerprint density at radius 1 is 0.684 bits per heavy atom. The summed E-state index contributed by atoms with van der Waals surface area (Å²) in [5.74, 6) is 0.00396. The van der Waals surface area contributed by atoms with Crippen LogP contribution in [-0.4, -0.2) is 78.4 Å². The molecule has 6 nitrogen and oxygen atoms in total. The molecule has 10 heteroatoms. The van der Waals surface area contributed by atoms with E-state index in [1.807, 2.05) is 0 Å². The number of aliphatic hydroxyl groups excluding tert-OH is 3. The molecule has 0 radical (unpaired) electrons. The van der Waals surface area contributed by atoms with Crippen LogP contribution in [0.15, 0.2) is 0 Å². The van der Waals surface area contributed by atoms with Crippen LogP contribution in [0.2, 0.25) is 0 Å². The van der Waals surface area contributed by atoms with Gasteiger partial charge in [0, 0.05) is 0 Å². The van der Waals surface area contributed by atoms with Crippen LogP contribution in [0.4, 0.5) is 0 Å². The van der Waals surface area contributed by atoms with Crippen LogP contribution in [0.1, 0.15) is 0 Å². The van der Waals surface area contributed by atoms with Gasteiger partial charge < -0.3 is 29.3 Å². The average molecular weight is 339 g/mol. The third-order valence-corrected chi connectivity index (χ3v) is 2.88. The zero-order valence-corrected chi connectivity index (χ0v) is 12.5. The van der Waals surface area contributed by atoms with E-state index in [-0.39, 0.29) is 37.5 Å². The summed E-state index contributed by atoms with van der Waals surface area (Å²) in [7, 11) is -1.16. The van der Waals surface area contributed by atoms with Crippen molar-refractivity contribution in [1.29, 1.82) is 0 Å². The highest BCUT2D eigenvalue weighted by Crippen LogP contribution is 2.01. The number of hydrogen-bond acceptors (Lipinski definition) is 6. The summed E-state index contributed by atoms with van der Waals surface area (Å²) in [5, 5.41) is 27.7. The molecule has 0 saturated heterocycles. The lowest BCUT2D eigenvalue weighted by Crippen LogP contribution is -2.36. The molecule has 0 aromatic rings. The summed E-state index contributed by atoms with van der Waals surface area (Å²) >= 11 is 16.2. The zero-order chi connectivity index (χ0) is 14.7. The predicted molar refractivity (Wildman–Crippen MR) is 73.8 cm³/mol. The summed E-state index contributed by atoms with van der Waals surface area (Å²) in [5.41, 5.74) is 0. The van der Waals surface area contributed by atoms with Crippen molar-refractivity contribution in [3.05, 3.63) is 0 Å². The second-order valence-corrected chi connectivity index (χ2v) is 4.64. The van der Waals surface area contributed by atoms with Gasteiger partial charge in [0.1, 0.15) is 0 Å². The summed E-state index contributed by atoms with van der Waals surface area (Å²) in [6, 6.07) is 0. The Balaban J connectivity index is 4.06. The summed E-state index contributed by atoms with van der Waals surface area (Å²) in [4.78, 5) is 0. The zero-order valence-electron chi connectivity index (χ0n) is 10.3. The average Bonchev–Trinajstić information content (AvgIpc) is 2.44. The molecule has 19 heavy (non-hydrogen) atoms. The topological polar surface area (TPSA) is 88.4 Å². The first-order chi connectivity index (χ1) is 9.03. The van der Waals surface area contributed by atoms with Crippen LogP contribution in [0.3, 0.4) is 0 Å². The lowest BCUT2D eigenvalue weighted by atomic mass is 10.2. The summed E-state index contributed by atoms with van der Waals surface area (Å²) in [6.07, 6.45) is -2.60. The number of halogens is 3. The molecule has 0 spiro atoms. The van der Waals surface area contributed by atoms with Gasteiger partial charge in [-0.2, -0.15) is 0 Å². The lowest BCUT2D eigenvalue weighted by molar-refractivity contribution is 0.0147. The highest BCUT2D eigenvalue weighted by molar-refractivity contribution is 6.36. The van der Waals surface area contributed by atoms with Crippen molar-refractivity contribution < 1.29 is 29.3 Å². The second-order valence-electron chi connectivity index (χ2n) is 3.71. The minimum absolute atomic E-state index is 0.00132. The molecule has 0 fully saturated rings. The lowest BCUT2D eigenvalue weighted by Gasteiger charge is -2.18. The number of aliphatic hydroxyl groups is 3. The van der Waals surface area contributed by atoms with E-state index in [1.165, 1.54) is 0 Å². The molecule has 0 aromatic heterocycles. The van der Waals surface area contributed by atoms with Gasteiger partial charge in [-0.15, -0.1) is 34.8 Å². The largest absolute Gasteiger partial charge is 0.639 e. The van der Waals surface area contributed by atoms with Gasteiger partial charge in [-0.1, -0.05) is 0 Å². The Kier molecular flexibility index (Phi) is 12.9. The molecule has 3 unspecified atom stereocenters. The van der Waals surface area contributed by atoms with Crippen molar-refractivity contribution in [2.75, 3.05) is 37.5 Å². The second kappa shape index (κ2) is 12.4. The molecule has 0 amide bonds. The molecule has 0 saturated carbocycles. The summed E-state index contributed by atoms with van der Waals surface area (Å²) < 4.78 is 15.3. The van der Waals surface area contributed by atoms with Crippen molar-refractivity contribution in [2.45, 2.75) is 18.3 Å². The normalized spacial score (nSPS) is 16.1. The third-order valence-electron chi connectivity index (χ3n) is 1.81. The van der Waals surface area contributed by atoms with E-state index in [0.717, 1.165) is 0 Å². The smallest absolute Gasteiger partial charge is 0.390 e. The molecule has 0 rings (SSSR count). The molecule has 0 aliphatic carbocycles. The van der Waals surface area contributed by atoms with E-state index < -0.39 is 25.6 Å². The molecular formula is C9H18BCl3O6. The first-order valence-corrected chi connectivity index (χ1v) is 7.20. The first-order valence-electron chi connectivity index (χ1n) is 5.60. The Bertz CT molecular complexity index is 183. The highest BCUT2D eigenvalue weighted by atomic mass is 35.5. The quantitative estimate of drug-likeness (QED) is 0.338.